The zero-order valence-corrected chi connectivity index (χ0v) is 11.4. The van der Waals surface area contributed by atoms with Gasteiger partial charge in [0, 0.05) is 11.1 Å². The second-order valence-electron chi connectivity index (χ2n) is 4.53. The molecule has 1 rings (SSSR count). The first-order valence-electron chi connectivity index (χ1n) is 5.79. The summed E-state index contributed by atoms with van der Waals surface area (Å²) in [6.45, 7) is 2.35. The van der Waals surface area contributed by atoms with E-state index in [1.165, 1.54) is 0 Å². The van der Waals surface area contributed by atoms with E-state index in [1.54, 1.807) is 19.1 Å². The van der Waals surface area contributed by atoms with Gasteiger partial charge >= 0.3 is 0 Å². The molecule has 4 heteroatoms. The molecule has 0 bridgehead atoms. The van der Waals surface area contributed by atoms with E-state index in [2.05, 4.69) is 0 Å². The van der Waals surface area contributed by atoms with E-state index in [4.69, 9.17) is 17.3 Å². The Balaban J connectivity index is 3.05. The average molecular weight is 259 g/mol. The molecule has 0 aliphatic heterocycles. The summed E-state index contributed by atoms with van der Waals surface area (Å²) in [7, 11) is 3.94. The minimum atomic E-state index is -0.205. The first kappa shape index (κ1) is 14.4. The number of nitrogens with two attached hydrogens (primary N) is 1. The monoisotopic (exact) mass is 258 g/mol. The number of rotatable bonds is 5. The molecule has 0 fully saturated rings. The lowest BCUT2D eigenvalue weighted by Gasteiger charge is -2.26. The smallest absolute Gasteiger partial charge is 0.126 e. The van der Waals surface area contributed by atoms with Crippen molar-refractivity contribution < 1.29 is 4.39 Å². The molecule has 0 saturated carbocycles. The first-order valence-corrected chi connectivity index (χ1v) is 6.17. The predicted octanol–water partition coefficient (Wildman–Crippen LogP) is 3.13. The summed E-state index contributed by atoms with van der Waals surface area (Å²) in [5.74, 6) is -0.205. The molecule has 2 nitrogen and oxygen atoms in total. The number of aryl methyl sites for hydroxylation is 1. The number of halogens is 2. The lowest BCUT2D eigenvalue weighted by molar-refractivity contribution is 0.280. The van der Waals surface area contributed by atoms with Crippen LogP contribution in [0.3, 0.4) is 0 Å². The minimum absolute atomic E-state index is 0.112. The lowest BCUT2D eigenvalue weighted by atomic mass is 9.99. The molecule has 0 saturated heterocycles. The Morgan fingerprint density at radius 1 is 1.41 bits per heavy atom. The first-order chi connectivity index (χ1) is 7.97. The van der Waals surface area contributed by atoms with Gasteiger partial charge in [-0.05, 0) is 63.7 Å². The third-order valence-electron chi connectivity index (χ3n) is 2.94. The Morgan fingerprint density at radius 2 is 2.06 bits per heavy atom. The van der Waals surface area contributed by atoms with E-state index in [9.17, 15) is 4.39 Å². The van der Waals surface area contributed by atoms with Crippen molar-refractivity contribution >= 4 is 11.6 Å². The van der Waals surface area contributed by atoms with Crippen LogP contribution in [0.5, 0.6) is 0 Å². The fourth-order valence-electron chi connectivity index (χ4n) is 1.92. The zero-order chi connectivity index (χ0) is 13.0. The fourth-order valence-corrected chi connectivity index (χ4v) is 2.26. The van der Waals surface area contributed by atoms with Crippen LogP contribution in [0.1, 0.15) is 30.0 Å². The highest BCUT2D eigenvalue weighted by Crippen LogP contribution is 2.31. The van der Waals surface area contributed by atoms with Gasteiger partial charge in [-0.3, -0.25) is 0 Å². The predicted molar refractivity (Wildman–Crippen MR) is 70.9 cm³/mol. The van der Waals surface area contributed by atoms with Crippen molar-refractivity contribution in [3.8, 4) is 0 Å². The molecule has 0 aliphatic rings. The van der Waals surface area contributed by atoms with Gasteiger partial charge in [0.2, 0.25) is 0 Å². The molecule has 1 atom stereocenters. The van der Waals surface area contributed by atoms with Crippen molar-refractivity contribution in [2.45, 2.75) is 25.8 Å². The third kappa shape index (κ3) is 3.66. The summed E-state index contributed by atoms with van der Waals surface area (Å²) in [5.41, 5.74) is 6.94. The van der Waals surface area contributed by atoms with Crippen LogP contribution in [0, 0.1) is 12.7 Å². The van der Waals surface area contributed by atoms with Crippen LogP contribution in [0.2, 0.25) is 5.02 Å². The van der Waals surface area contributed by atoms with Crippen molar-refractivity contribution in [2.75, 3.05) is 20.6 Å². The van der Waals surface area contributed by atoms with Crippen LogP contribution in [0.4, 0.5) is 4.39 Å². The molecule has 0 radical (unpaired) electrons. The van der Waals surface area contributed by atoms with Crippen molar-refractivity contribution in [1.82, 2.24) is 4.90 Å². The largest absolute Gasteiger partial charge is 0.330 e. The van der Waals surface area contributed by atoms with Gasteiger partial charge < -0.3 is 10.6 Å². The Hall–Kier alpha value is -0.640. The Bertz CT molecular complexity index is 380. The molecule has 0 aliphatic carbocycles. The highest BCUT2D eigenvalue weighted by Gasteiger charge is 2.18. The maximum absolute atomic E-state index is 13.6. The standard InChI is InChI=1S/C13H20ClFN2/c1-9-7-11(14)10(8-12(9)15)13(17(2)3)5-4-6-16/h7-8,13H,4-6,16H2,1-3H3. The molecular weight excluding hydrogens is 239 g/mol. The van der Waals surface area contributed by atoms with E-state index >= 15 is 0 Å². The summed E-state index contributed by atoms with van der Waals surface area (Å²) in [6.07, 6.45) is 1.78. The summed E-state index contributed by atoms with van der Waals surface area (Å²) >= 11 is 6.19. The van der Waals surface area contributed by atoms with Gasteiger partial charge in [-0.1, -0.05) is 11.6 Å². The van der Waals surface area contributed by atoms with Crippen molar-refractivity contribution in [3.05, 3.63) is 34.1 Å². The SMILES string of the molecule is Cc1cc(Cl)c(C(CCCN)N(C)C)cc1F. The average Bonchev–Trinajstić information content (AvgIpc) is 2.25. The molecule has 0 spiro atoms. The zero-order valence-electron chi connectivity index (χ0n) is 10.6. The van der Waals surface area contributed by atoms with Crippen LogP contribution in [0.25, 0.3) is 0 Å². The molecule has 1 aromatic rings. The van der Waals surface area contributed by atoms with Crippen LogP contribution in [-0.2, 0) is 0 Å². The van der Waals surface area contributed by atoms with Gasteiger partial charge in [-0.15, -0.1) is 0 Å². The maximum Gasteiger partial charge on any atom is 0.126 e. The number of hydrogen-bond acceptors (Lipinski definition) is 2. The summed E-state index contributed by atoms with van der Waals surface area (Å²) in [6, 6.07) is 3.34. The number of hydrogen-bond donors (Lipinski definition) is 1. The van der Waals surface area contributed by atoms with E-state index in [-0.39, 0.29) is 11.9 Å². The van der Waals surface area contributed by atoms with Gasteiger partial charge in [0.25, 0.3) is 0 Å². The Kier molecular flexibility index (Phi) is 5.37. The van der Waals surface area contributed by atoms with E-state index in [1.807, 2.05) is 19.0 Å². The third-order valence-corrected chi connectivity index (χ3v) is 3.27. The second-order valence-corrected chi connectivity index (χ2v) is 4.94. The molecular formula is C13H20ClFN2. The quantitative estimate of drug-likeness (QED) is 0.879. The summed E-state index contributed by atoms with van der Waals surface area (Å²) in [4.78, 5) is 2.05. The highest BCUT2D eigenvalue weighted by atomic mass is 35.5. The number of benzene rings is 1. The Morgan fingerprint density at radius 3 is 2.59 bits per heavy atom. The topological polar surface area (TPSA) is 29.3 Å². The lowest BCUT2D eigenvalue weighted by Crippen LogP contribution is -2.21. The molecule has 1 unspecified atom stereocenters. The van der Waals surface area contributed by atoms with E-state index in [0.29, 0.717) is 17.1 Å². The van der Waals surface area contributed by atoms with Gasteiger partial charge in [0.15, 0.2) is 0 Å². The van der Waals surface area contributed by atoms with Crippen LogP contribution >= 0.6 is 11.6 Å². The van der Waals surface area contributed by atoms with Crippen LogP contribution in [0.15, 0.2) is 12.1 Å². The normalized spacial score (nSPS) is 13.1. The molecule has 17 heavy (non-hydrogen) atoms. The van der Waals surface area contributed by atoms with Crippen molar-refractivity contribution in [3.63, 3.8) is 0 Å². The van der Waals surface area contributed by atoms with Crippen molar-refractivity contribution in [1.29, 1.82) is 0 Å². The van der Waals surface area contributed by atoms with Crippen LogP contribution in [-0.4, -0.2) is 25.5 Å². The van der Waals surface area contributed by atoms with Gasteiger partial charge in [-0.25, -0.2) is 4.39 Å². The molecule has 96 valence electrons. The summed E-state index contributed by atoms with van der Waals surface area (Å²) < 4.78 is 13.6. The van der Waals surface area contributed by atoms with Gasteiger partial charge in [-0.2, -0.15) is 0 Å². The molecule has 1 aromatic carbocycles. The van der Waals surface area contributed by atoms with E-state index in [0.717, 1.165) is 18.4 Å². The van der Waals surface area contributed by atoms with Crippen LogP contribution < -0.4 is 5.73 Å². The highest BCUT2D eigenvalue weighted by molar-refractivity contribution is 6.31. The van der Waals surface area contributed by atoms with Gasteiger partial charge in [0.05, 0.1) is 0 Å². The maximum atomic E-state index is 13.6. The molecule has 0 amide bonds. The summed E-state index contributed by atoms with van der Waals surface area (Å²) in [5, 5.41) is 0.625. The Labute approximate surface area is 108 Å². The molecule has 0 aromatic heterocycles. The molecule has 0 heterocycles. The van der Waals surface area contributed by atoms with Gasteiger partial charge in [0.1, 0.15) is 5.82 Å². The van der Waals surface area contributed by atoms with E-state index < -0.39 is 0 Å². The molecule has 2 N–H and O–H groups in total. The fraction of sp³-hybridized carbons (Fsp3) is 0.538. The van der Waals surface area contributed by atoms with Crippen molar-refractivity contribution in [2.24, 2.45) is 5.73 Å². The minimum Gasteiger partial charge on any atom is -0.330 e. The second kappa shape index (κ2) is 6.34. The number of nitrogens with zero attached hydrogens (tertiary/aromatic N) is 1.